The van der Waals surface area contributed by atoms with E-state index >= 15 is 0 Å². The second-order valence-corrected chi connectivity index (χ2v) is 8.02. The third kappa shape index (κ3) is 3.74. The highest BCUT2D eigenvalue weighted by Gasteiger charge is 2.24. The fraction of sp³-hybridized carbons (Fsp3) is 0.450. The lowest BCUT2D eigenvalue weighted by Crippen LogP contribution is -2.46. The summed E-state index contributed by atoms with van der Waals surface area (Å²) in [5.74, 6) is 1.58. The number of piperazine rings is 1. The number of rotatable bonds is 6. The summed E-state index contributed by atoms with van der Waals surface area (Å²) in [7, 11) is 0. The van der Waals surface area contributed by atoms with Gasteiger partial charge in [-0.3, -0.25) is 9.69 Å². The van der Waals surface area contributed by atoms with Crippen molar-refractivity contribution >= 4 is 33.3 Å². The Kier molecular flexibility index (Phi) is 5.59. The SMILES string of the molecule is CCCN1CCN(c2ncnc3sc(C(=O)NCc4ccco4)c(C)c23)CC1. The van der Waals surface area contributed by atoms with Gasteiger partial charge in [-0.2, -0.15) is 0 Å². The van der Waals surface area contributed by atoms with Crippen LogP contribution in [0.5, 0.6) is 0 Å². The molecule has 0 aromatic carbocycles. The van der Waals surface area contributed by atoms with Crippen molar-refractivity contribution in [3.63, 3.8) is 0 Å². The number of aryl methyl sites for hydroxylation is 1. The van der Waals surface area contributed by atoms with Crippen molar-refractivity contribution in [2.75, 3.05) is 37.6 Å². The van der Waals surface area contributed by atoms with Crippen LogP contribution in [0.1, 0.15) is 34.3 Å². The van der Waals surface area contributed by atoms with Gasteiger partial charge in [0.25, 0.3) is 5.91 Å². The maximum absolute atomic E-state index is 12.7. The highest BCUT2D eigenvalue weighted by molar-refractivity contribution is 7.20. The highest BCUT2D eigenvalue weighted by atomic mass is 32.1. The molecule has 0 unspecified atom stereocenters. The lowest BCUT2D eigenvalue weighted by Gasteiger charge is -2.35. The first kappa shape index (κ1) is 18.9. The van der Waals surface area contributed by atoms with Gasteiger partial charge in [-0.05, 0) is 37.6 Å². The number of nitrogens with zero attached hydrogens (tertiary/aromatic N) is 4. The predicted octanol–water partition coefficient (Wildman–Crippen LogP) is 3.05. The number of anilines is 1. The molecule has 0 radical (unpaired) electrons. The molecule has 148 valence electrons. The topological polar surface area (TPSA) is 74.5 Å². The average molecular weight is 400 g/mol. The fourth-order valence-electron chi connectivity index (χ4n) is 3.67. The first-order chi connectivity index (χ1) is 13.7. The molecule has 1 amide bonds. The Balaban J connectivity index is 1.55. The third-order valence-electron chi connectivity index (χ3n) is 5.13. The molecule has 1 N–H and O–H groups in total. The van der Waals surface area contributed by atoms with Crippen molar-refractivity contribution in [2.45, 2.75) is 26.8 Å². The molecular weight excluding hydrogens is 374 g/mol. The number of carbonyl (C=O) groups is 1. The van der Waals surface area contributed by atoms with Gasteiger partial charge in [0.2, 0.25) is 0 Å². The molecule has 28 heavy (non-hydrogen) atoms. The van der Waals surface area contributed by atoms with E-state index in [1.165, 1.54) is 17.8 Å². The van der Waals surface area contributed by atoms with Gasteiger partial charge >= 0.3 is 0 Å². The largest absolute Gasteiger partial charge is 0.467 e. The molecule has 1 aliphatic rings. The molecule has 1 fully saturated rings. The quantitative estimate of drug-likeness (QED) is 0.687. The van der Waals surface area contributed by atoms with Crippen LogP contribution in [0.25, 0.3) is 10.2 Å². The van der Waals surface area contributed by atoms with Crippen LogP contribution in [0.3, 0.4) is 0 Å². The molecule has 4 rings (SSSR count). The smallest absolute Gasteiger partial charge is 0.262 e. The van der Waals surface area contributed by atoms with E-state index in [2.05, 4.69) is 32.0 Å². The van der Waals surface area contributed by atoms with E-state index in [-0.39, 0.29) is 5.91 Å². The normalized spacial score (nSPS) is 15.3. The Morgan fingerprint density at radius 1 is 1.29 bits per heavy atom. The standard InChI is InChI=1S/C20H25N5O2S/c1-3-6-24-7-9-25(10-8-24)18-16-14(2)17(28-20(16)23-13-22-18)19(26)21-12-15-5-4-11-27-15/h4-5,11,13H,3,6-10,12H2,1-2H3,(H,21,26). The van der Waals surface area contributed by atoms with Crippen LogP contribution in [-0.2, 0) is 6.54 Å². The van der Waals surface area contributed by atoms with Gasteiger partial charge in [0.15, 0.2) is 0 Å². The van der Waals surface area contributed by atoms with E-state index in [9.17, 15) is 4.79 Å². The number of furan rings is 1. The third-order valence-corrected chi connectivity index (χ3v) is 6.33. The molecule has 4 heterocycles. The number of nitrogens with one attached hydrogen (secondary N) is 1. The number of hydrogen-bond acceptors (Lipinski definition) is 7. The average Bonchev–Trinajstić information content (AvgIpc) is 3.35. The Hall–Kier alpha value is -2.45. The Morgan fingerprint density at radius 3 is 2.82 bits per heavy atom. The number of fused-ring (bicyclic) bond motifs is 1. The first-order valence-corrected chi connectivity index (χ1v) is 10.5. The van der Waals surface area contributed by atoms with E-state index in [1.54, 1.807) is 12.6 Å². The summed E-state index contributed by atoms with van der Waals surface area (Å²) in [5, 5.41) is 3.93. The number of thiophene rings is 1. The lowest BCUT2D eigenvalue weighted by atomic mass is 10.1. The van der Waals surface area contributed by atoms with Crippen LogP contribution in [0.15, 0.2) is 29.1 Å². The minimum Gasteiger partial charge on any atom is -0.467 e. The van der Waals surface area contributed by atoms with Gasteiger partial charge in [0.1, 0.15) is 22.7 Å². The molecule has 8 heteroatoms. The van der Waals surface area contributed by atoms with E-state index in [0.717, 1.165) is 60.1 Å². The summed E-state index contributed by atoms with van der Waals surface area (Å²) < 4.78 is 5.29. The zero-order valence-corrected chi connectivity index (χ0v) is 17.1. The van der Waals surface area contributed by atoms with Crippen LogP contribution in [0, 0.1) is 6.92 Å². The van der Waals surface area contributed by atoms with Crippen LogP contribution in [0.4, 0.5) is 5.82 Å². The molecule has 7 nitrogen and oxygen atoms in total. The van der Waals surface area contributed by atoms with Crippen LogP contribution < -0.4 is 10.2 Å². The zero-order valence-electron chi connectivity index (χ0n) is 16.3. The summed E-state index contributed by atoms with van der Waals surface area (Å²) in [6, 6.07) is 3.66. The van der Waals surface area contributed by atoms with Gasteiger partial charge in [-0.1, -0.05) is 6.92 Å². The first-order valence-electron chi connectivity index (χ1n) is 9.69. The molecule has 1 saturated heterocycles. The van der Waals surface area contributed by atoms with Crippen molar-refractivity contribution in [1.29, 1.82) is 0 Å². The van der Waals surface area contributed by atoms with Gasteiger partial charge < -0.3 is 14.6 Å². The summed E-state index contributed by atoms with van der Waals surface area (Å²) in [6.45, 7) is 9.69. The van der Waals surface area contributed by atoms with E-state index in [4.69, 9.17) is 4.42 Å². The van der Waals surface area contributed by atoms with Gasteiger partial charge in [0, 0.05) is 26.2 Å². The maximum Gasteiger partial charge on any atom is 0.262 e. The predicted molar refractivity (Wildman–Crippen MR) is 111 cm³/mol. The van der Waals surface area contributed by atoms with Crippen molar-refractivity contribution in [3.05, 3.63) is 40.9 Å². The van der Waals surface area contributed by atoms with Crippen LogP contribution in [0.2, 0.25) is 0 Å². The summed E-state index contributed by atoms with van der Waals surface area (Å²) in [4.78, 5) is 28.1. The molecule has 0 spiro atoms. The van der Waals surface area contributed by atoms with Crippen molar-refractivity contribution in [3.8, 4) is 0 Å². The number of carbonyl (C=O) groups excluding carboxylic acids is 1. The number of hydrogen-bond donors (Lipinski definition) is 1. The Bertz CT molecular complexity index is 945. The molecule has 1 aliphatic heterocycles. The van der Waals surface area contributed by atoms with Crippen molar-refractivity contribution in [2.24, 2.45) is 0 Å². The lowest BCUT2D eigenvalue weighted by molar-refractivity contribution is 0.0951. The highest BCUT2D eigenvalue weighted by Crippen LogP contribution is 2.35. The molecular formula is C20H25N5O2S. The monoisotopic (exact) mass is 399 g/mol. The second kappa shape index (κ2) is 8.28. The van der Waals surface area contributed by atoms with Crippen LogP contribution in [-0.4, -0.2) is 53.5 Å². The minimum atomic E-state index is -0.101. The van der Waals surface area contributed by atoms with E-state index in [0.29, 0.717) is 11.4 Å². The summed E-state index contributed by atoms with van der Waals surface area (Å²) in [6.07, 6.45) is 4.39. The molecule has 0 bridgehead atoms. The van der Waals surface area contributed by atoms with Crippen LogP contribution >= 0.6 is 11.3 Å². The summed E-state index contributed by atoms with van der Waals surface area (Å²) in [5.41, 5.74) is 0.948. The number of aromatic nitrogens is 2. The maximum atomic E-state index is 12.7. The fourth-order valence-corrected chi connectivity index (χ4v) is 4.73. The number of amides is 1. The van der Waals surface area contributed by atoms with Gasteiger partial charge in [-0.15, -0.1) is 11.3 Å². The second-order valence-electron chi connectivity index (χ2n) is 7.02. The van der Waals surface area contributed by atoms with Crippen molar-refractivity contribution < 1.29 is 9.21 Å². The molecule has 0 saturated carbocycles. The zero-order chi connectivity index (χ0) is 19.5. The van der Waals surface area contributed by atoms with Gasteiger partial charge in [-0.25, -0.2) is 9.97 Å². The molecule has 0 aliphatic carbocycles. The summed E-state index contributed by atoms with van der Waals surface area (Å²) >= 11 is 1.43. The van der Waals surface area contributed by atoms with Gasteiger partial charge in [0.05, 0.1) is 23.1 Å². The van der Waals surface area contributed by atoms with Crippen molar-refractivity contribution in [1.82, 2.24) is 20.2 Å². The molecule has 3 aromatic heterocycles. The van der Waals surface area contributed by atoms with E-state index in [1.807, 2.05) is 19.1 Å². The minimum absolute atomic E-state index is 0.101. The Morgan fingerprint density at radius 2 is 2.11 bits per heavy atom. The Labute approximate surface area is 168 Å². The molecule has 3 aromatic rings. The molecule has 0 atom stereocenters. The van der Waals surface area contributed by atoms with E-state index < -0.39 is 0 Å².